The molecule has 0 bridgehead atoms. The van der Waals surface area contributed by atoms with Crippen LogP contribution in [0, 0.1) is 13.8 Å². The fourth-order valence-electron chi connectivity index (χ4n) is 8.00. The molecule has 0 saturated heterocycles. The highest BCUT2D eigenvalue weighted by Gasteiger charge is 2.26. The Morgan fingerprint density at radius 1 is 0.667 bits per heavy atom. The molecule has 7 rings (SSSR count). The fourth-order valence-corrected chi connectivity index (χ4v) is 10.4. The van der Waals surface area contributed by atoms with Gasteiger partial charge in [0.05, 0.1) is 24.0 Å². The number of anilines is 1. The molecule has 16 heteroatoms. The lowest BCUT2D eigenvalue weighted by Crippen LogP contribution is -2.31. The molecule has 1 aromatic heterocycles. The van der Waals surface area contributed by atoms with E-state index in [0.717, 1.165) is 47.8 Å². The second-order valence-corrected chi connectivity index (χ2v) is 18.8. The highest BCUT2D eigenvalue weighted by molar-refractivity contribution is 7.90. The minimum absolute atomic E-state index is 0.00471. The van der Waals surface area contributed by atoms with E-state index in [4.69, 9.17) is 14.2 Å². The molecule has 1 saturated carbocycles. The third-order valence-electron chi connectivity index (χ3n) is 11.3. The number of hydrogen-bond donors (Lipinski definition) is 3. The van der Waals surface area contributed by atoms with E-state index in [2.05, 4.69) is 14.8 Å². The van der Waals surface area contributed by atoms with Crippen LogP contribution in [0.15, 0.2) is 113 Å². The fraction of sp³-hybridized carbons (Fsp3) is 0.255. The maximum atomic E-state index is 13.4. The van der Waals surface area contributed by atoms with Crippen LogP contribution < -0.4 is 24.2 Å². The molecule has 1 aliphatic rings. The number of rotatable bonds is 14. The van der Waals surface area contributed by atoms with Crippen molar-refractivity contribution in [2.45, 2.75) is 68.3 Å². The Bertz CT molecular complexity index is 2970. The lowest BCUT2D eigenvalue weighted by atomic mass is 9.96. The number of aromatic nitrogens is 1. The lowest BCUT2D eigenvalue weighted by molar-refractivity contribution is 0.0972. The van der Waals surface area contributed by atoms with E-state index in [-0.39, 0.29) is 33.4 Å². The number of benzene rings is 5. The quantitative estimate of drug-likeness (QED) is 0.0977. The standard InChI is InChI=1S/C47H48N4O10S2/c1-29-12-6-10-16-43(29)62(55,56)49-45(52)33-20-18-31(41(26-33)59-4)24-37-38-28-35(48-47(54)61-36-14-8-9-15-36)22-23-39(38)51(3)40(37)25-32-19-21-34(27-42(32)60-5)46(53)50-63(57,58)44-17-11-7-13-30(44)2/h6-7,10-13,16-23,26-28,36H,8-9,14-15,24-25H2,1-5H3,(H,48,54)(H,49,52)(H,50,53). The average molecular weight is 893 g/mol. The third-order valence-corrected chi connectivity index (χ3v) is 14.3. The van der Waals surface area contributed by atoms with Crippen LogP contribution >= 0.6 is 0 Å². The van der Waals surface area contributed by atoms with Gasteiger partial charge in [0.25, 0.3) is 31.9 Å². The molecule has 328 valence electrons. The number of aryl methyl sites for hydroxylation is 3. The van der Waals surface area contributed by atoms with E-state index in [1.165, 1.54) is 50.6 Å². The van der Waals surface area contributed by atoms with Crippen LogP contribution in [0.4, 0.5) is 10.5 Å². The average Bonchev–Trinajstić information content (AvgIpc) is 3.85. The number of methoxy groups -OCH3 is 2. The Kier molecular flexibility index (Phi) is 12.9. The van der Waals surface area contributed by atoms with Crippen LogP contribution in [-0.2, 0) is 44.7 Å². The van der Waals surface area contributed by atoms with Gasteiger partial charge in [-0.3, -0.25) is 14.9 Å². The summed E-state index contributed by atoms with van der Waals surface area (Å²) in [6, 6.07) is 27.8. The first-order valence-corrected chi connectivity index (χ1v) is 23.2. The van der Waals surface area contributed by atoms with Crippen molar-refractivity contribution in [3.63, 3.8) is 0 Å². The molecule has 5 aromatic carbocycles. The summed E-state index contributed by atoms with van der Waals surface area (Å²) in [4.78, 5) is 39.6. The first kappa shape index (κ1) is 44.4. The van der Waals surface area contributed by atoms with Gasteiger partial charge in [0, 0.05) is 58.9 Å². The van der Waals surface area contributed by atoms with Gasteiger partial charge >= 0.3 is 6.09 Å². The molecule has 1 aliphatic carbocycles. The second-order valence-electron chi connectivity index (χ2n) is 15.5. The topological polar surface area (TPSA) is 188 Å². The summed E-state index contributed by atoms with van der Waals surface area (Å²) in [6.45, 7) is 3.29. The lowest BCUT2D eigenvalue weighted by Gasteiger charge is -2.15. The number of sulfonamides is 2. The number of carbonyl (C=O) groups is 3. The summed E-state index contributed by atoms with van der Waals surface area (Å²) in [5.74, 6) is -0.970. The highest BCUT2D eigenvalue weighted by atomic mass is 32.2. The second kappa shape index (κ2) is 18.4. The Morgan fingerprint density at radius 3 is 1.68 bits per heavy atom. The smallest absolute Gasteiger partial charge is 0.411 e. The van der Waals surface area contributed by atoms with E-state index >= 15 is 0 Å². The van der Waals surface area contributed by atoms with Gasteiger partial charge in [-0.05, 0) is 116 Å². The summed E-state index contributed by atoms with van der Waals surface area (Å²) < 4.78 is 76.2. The molecular weight excluding hydrogens is 845 g/mol. The van der Waals surface area contributed by atoms with Crippen molar-refractivity contribution < 1.29 is 45.4 Å². The van der Waals surface area contributed by atoms with Crippen molar-refractivity contribution in [2.24, 2.45) is 7.05 Å². The van der Waals surface area contributed by atoms with Crippen LogP contribution in [0.2, 0.25) is 0 Å². The molecule has 0 aliphatic heterocycles. The van der Waals surface area contributed by atoms with Gasteiger partial charge in [0.2, 0.25) is 0 Å². The zero-order chi connectivity index (χ0) is 45.1. The first-order chi connectivity index (χ1) is 30.1. The molecule has 6 aromatic rings. The van der Waals surface area contributed by atoms with Crippen LogP contribution in [0.5, 0.6) is 11.5 Å². The number of amides is 3. The first-order valence-electron chi connectivity index (χ1n) is 20.3. The maximum absolute atomic E-state index is 13.4. The van der Waals surface area contributed by atoms with Crippen molar-refractivity contribution in [3.8, 4) is 11.5 Å². The SMILES string of the molecule is COc1cc(C(=O)NS(=O)(=O)c2ccccc2C)ccc1Cc1c(Cc2ccc(C(=O)NS(=O)(=O)c3ccccc3C)cc2OC)n(C)c2ccc(NC(=O)OC3CCCC3)cc12. The molecule has 3 amide bonds. The number of nitrogens with one attached hydrogen (secondary N) is 3. The van der Waals surface area contributed by atoms with Crippen LogP contribution in [0.3, 0.4) is 0 Å². The number of fused-ring (bicyclic) bond motifs is 1. The van der Waals surface area contributed by atoms with Crippen LogP contribution in [0.1, 0.15) is 79.9 Å². The third kappa shape index (κ3) is 9.71. The zero-order valence-electron chi connectivity index (χ0n) is 35.5. The molecular formula is C47H48N4O10S2. The molecule has 14 nitrogen and oxygen atoms in total. The van der Waals surface area contributed by atoms with Gasteiger partial charge < -0.3 is 18.8 Å². The van der Waals surface area contributed by atoms with Gasteiger partial charge in [0.15, 0.2) is 0 Å². The van der Waals surface area contributed by atoms with Gasteiger partial charge in [-0.2, -0.15) is 0 Å². The molecule has 3 N–H and O–H groups in total. The summed E-state index contributed by atoms with van der Waals surface area (Å²) in [5, 5.41) is 3.68. The van der Waals surface area contributed by atoms with E-state index in [1.807, 2.05) is 23.7 Å². The number of nitrogens with zero attached hydrogens (tertiary/aromatic N) is 1. The predicted molar refractivity (Wildman–Crippen MR) is 239 cm³/mol. The van der Waals surface area contributed by atoms with Crippen LogP contribution in [-0.4, -0.2) is 59.6 Å². The number of carbonyl (C=O) groups excluding carboxylic acids is 3. The normalized spacial score (nSPS) is 13.1. The van der Waals surface area contributed by atoms with E-state index in [1.54, 1.807) is 68.4 Å². The van der Waals surface area contributed by atoms with Crippen molar-refractivity contribution in [3.05, 3.63) is 148 Å². The summed E-state index contributed by atoms with van der Waals surface area (Å²) in [6.07, 6.45) is 3.57. The van der Waals surface area contributed by atoms with Crippen molar-refractivity contribution >= 4 is 54.5 Å². The molecule has 0 unspecified atom stereocenters. The molecule has 0 spiro atoms. The van der Waals surface area contributed by atoms with E-state index in [9.17, 15) is 31.2 Å². The minimum atomic E-state index is -4.17. The Morgan fingerprint density at radius 2 is 1.17 bits per heavy atom. The van der Waals surface area contributed by atoms with Crippen LogP contribution in [0.25, 0.3) is 10.9 Å². The molecule has 63 heavy (non-hydrogen) atoms. The summed E-state index contributed by atoms with van der Waals surface area (Å²) >= 11 is 0. The Balaban J connectivity index is 1.23. The Hall–Kier alpha value is -6.65. The summed E-state index contributed by atoms with van der Waals surface area (Å²) in [5.41, 5.74) is 5.52. The van der Waals surface area contributed by atoms with E-state index < -0.39 is 38.0 Å². The van der Waals surface area contributed by atoms with Gasteiger partial charge in [0.1, 0.15) is 17.6 Å². The minimum Gasteiger partial charge on any atom is -0.496 e. The largest absolute Gasteiger partial charge is 0.496 e. The summed E-state index contributed by atoms with van der Waals surface area (Å²) in [7, 11) is -3.50. The van der Waals surface area contributed by atoms with Crippen molar-refractivity contribution in [1.29, 1.82) is 0 Å². The molecule has 0 atom stereocenters. The highest BCUT2D eigenvalue weighted by Crippen LogP contribution is 2.36. The molecule has 1 heterocycles. The van der Waals surface area contributed by atoms with Gasteiger partial charge in [-0.25, -0.2) is 31.1 Å². The molecule has 1 fully saturated rings. The maximum Gasteiger partial charge on any atom is 0.411 e. The number of hydrogen-bond acceptors (Lipinski definition) is 10. The number of ether oxygens (including phenoxy) is 3. The van der Waals surface area contributed by atoms with Gasteiger partial charge in [-0.1, -0.05) is 48.5 Å². The van der Waals surface area contributed by atoms with Gasteiger partial charge in [-0.15, -0.1) is 0 Å². The Labute approximate surface area is 366 Å². The van der Waals surface area contributed by atoms with Crippen molar-refractivity contribution in [1.82, 2.24) is 14.0 Å². The van der Waals surface area contributed by atoms with Crippen molar-refractivity contribution in [2.75, 3.05) is 19.5 Å². The molecule has 0 radical (unpaired) electrons. The monoisotopic (exact) mass is 892 g/mol. The predicted octanol–water partition coefficient (Wildman–Crippen LogP) is 7.72. The van der Waals surface area contributed by atoms with E-state index in [0.29, 0.717) is 45.9 Å². The zero-order valence-corrected chi connectivity index (χ0v) is 37.1.